The minimum atomic E-state index is -4.65. The molecule has 2 rings (SSSR count). The van der Waals surface area contributed by atoms with Crippen molar-refractivity contribution in [1.82, 2.24) is 5.32 Å². The SMILES string of the molecule is O=C(NCc1c(F)cccc1Cl)c1ccccc1C(F)(F)F. The summed E-state index contributed by atoms with van der Waals surface area (Å²) in [5.41, 5.74) is -1.56. The molecule has 0 unspecified atom stereocenters. The molecule has 7 heteroatoms. The van der Waals surface area contributed by atoms with E-state index in [1.807, 2.05) is 0 Å². The molecule has 1 amide bonds. The van der Waals surface area contributed by atoms with Gasteiger partial charge >= 0.3 is 6.18 Å². The van der Waals surface area contributed by atoms with Crippen molar-refractivity contribution in [1.29, 1.82) is 0 Å². The average molecular weight is 332 g/mol. The van der Waals surface area contributed by atoms with Gasteiger partial charge in [0, 0.05) is 17.1 Å². The van der Waals surface area contributed by atoms with Crippen molar-refractivity contribution >= 4 is 17.5 Å². The number of carbonyl (C=O) groups is 1. The summed E-state index contributed by atoms with van der Waals surface area (Å²) in [6.45, 7) is -0.309. The third-order valence-electron chi connectivity index (χ3n) is 2.96. The quantitative estimate of drug-likeness (QED) is 0.828. The van der Waals surface area contributed by atoms with Crippen LogP contribution in [0, 0.1) is 5.82 Å². The molecule has 0 aliphatic rings. The topological polar surface area (TPSA) is 29.1 Å². The van der Waals surface area contributed by atoms with Crippen LogP contribution in [-0.4, -0.2) is 5.91 Å². The minimum absolute atomic E-state index is 0.0157. The number of benzene rings is 2. The fraction of sp³-hybridized carbons (Fsp3) is 0.133. The van der Waals surface area contributed by atoms with Crippen molar-refractivity contribution < 1.29 is 22.4 Å². The zero-order valence-corrected chi connectivity index (χ0v) is 11.8. The van der Waals surface area contributed by atoms with Crippen LogP contribution in [0.15, 0.2) is 42.5 Å². The van der Waals surface area contributed by atoms with Crippen LogP contribution in [0.1, 0.15) is 21.5 Å². The highest BCUT2D eigenvalue weighted by atomic mass is 35.5. The van der Waals surface area contributed by atoms with Gasteiger partial charge in [-0.2, -0.15) is 13.2 Å². The summed E-state index contributed by atoms with van der Waals surface area (Å²) < 4.78 is 52.1. The van der Waals surface area contributed by atoms with Gasteiger partial charge in [-0.1, -0.05) is 29.8 Å². The molecule has 0 spiro atoms. The van der Waals surface area contributed by atoms with Crippen LogP contribution < -0.4 is 5.32 Å². The fourth-order valence-corrected chi connectivity index (χ4v) is 2.12. The van der Waals surface area contributed by atoms with Gasteiger partial charge in [-0.05, 0) is 24.3 Å². The molecular weight excluding hydrogens is 322 g/mol. The van der Waals surface area contributed by atoms with Crippen LogP contribution in [-0.2, 0) is 12.7 Å². The summed E-state index contributed by atoms with van der Waals surface area (Å²) in [5, 5.41) is 2.33. The molecule has 22 heavy (non-hydrogen) atoms. The Balaban J connectivity index is 2.21. The number of halogens is 5. The van der Waals surface area contributed by atoms with E-state index in [1.165, 1.54) is 24.3 Å². The summed E-state index contributed by atoms with van der Waals surface area (Å²) in [7, 11) is 0. The number of rotatable bonds is 3. The third-order valence-corrected chi connectivity index (χ3v) is 3.32. The van der Waals surface area contributed by atoms with E-state index in [1.54, 1.807) is 0 Å². The Morgan fingerprint density at radius 1 is 1.09 bits per heavy atom. The van der Waals surface area contributed by atoms with Gasteiger partial charge in [0.2, 0.25) is 0 Å². The molecule has 0 saturated heterocycles. The van der Waals surface area contributed by atoms with Crippen molar-refractivity contribution in [3.63, 3.8) is 0 Å². The minimum Gasteiger partial charge on any atom is -0.348 e. The number of alkyl halides is 3. The Kier molecular flexibility index (Phi) is 4.71. The molecule has 1 N–H and O–H groups in total. The normalized spacial score (nSPS) is 11.3. The largest absolute Gasteiger partial charge is 0.417 e. The van der Waals surface area contributed by atoms with Crippen molar-refractivity contribution in [2.45, 2.75) is 12.7 Å². The van der Waals surface area contributed by atoms with E-state index in [2.05, 4.69) is 5.32 Å². The van der Waals surface area contributed by atoms with Gasteiger partial charge in [0.05, 0.1) is 11.1 Å². The number of hydrogen-bond donors (Lipinski definition) is 1. The number of carbonyl (C=O) groups excluding carboxylic acids is 1. The molecule has 0 radical (unpaired) electrons. The van der Waals surface area contributed by atoms with Crippen LogP contribution in [0.2, 0.25) is 5.02 Å². The molecule has 0 saturated carbocycles. The molecule has 0 bridgehead atoms. The van der Waals surface area contributed by atoms with E-state index in [-0.39, 0.29) is 17.1 Å². The zero-order valence-electron chi connectivity index (χ0n) is 11.0. The number of amides is 1. The van der Waals surface area contributed by atoms with Crippen LogP contribution in [0.4, 0.5) is 17.6 Å². The molecule has 0 atom stereocenters. The molecule has 0 aromatic heterocycles. The highest BCUT2D eigenvalue weighted by Crippen LogP contribution is 2.31. The van der Waals surface area contributed by atoms with Crippen molar-refractivity contribution in [3.8, 4) is 0 Å². The lowest BCUT2D eigenvalue weighted by Gasteiger charge is -2.13. The molecule has 0 heterocycles. The second-order valence-corrected chi connectivity index (χ2v) is 4.83. The van der Waals surface area contributed by atoms with E-state index in [0.29, 0.717) is 0 Å². The first-order chi connectivity index (χ1) is 10.3. The molecule has 0 aliphatic heterocycles. The van der Waals surface area contributed by atoms with Crippen LogP contribution in [0.3, 0.4) is 0 Å². The standard InChI is InChI=1S/C15H10ClF4NO/c16-12-6-3-7-13(17)10(12)8-21-14(22)9-4-1-2-5-11(9)15(18,19)20/h1-7H,8H2,(H,21,22). The van der Waals surface area contributed by atoms with Gasteiger partial charge in [-0.15, -0.1) is 0 Å². The Bertz CT molecular complexity index is 680. The van der Waals surface area contributed by atoms with Crippen molar-refractivity contribution in [2.24, 2.45) is 0 Å². The fourth-order valence-electron chi connectivity index (χ4n) is 1.89. The second-order valence-electron chi connectivity index (χ2n) is 4.43. The average Bonchev–Trinajstić information content (AvgIpc) is 2.45. The van der Waals surface area contributed by atoms with Gasteiger partial charge < -0.3 is 5.32 Å². The van der Waals surface area contributed by atoms with E-state index in [0.717, 1.165) is 18.2 Å². The first kappa shape index (κ1) is 16.3. The Morgan fingerprint density at radius 3 is 2.41 bits per heavy atom. The first-order valence-corrected chi connectivity index (χ1v) is 6.56. The van der Waals surface area contributed by atoms with Crippen molar-refractivity contribution in [3.05, 3.63) is 70.0 Å². The van der Waals surface area contributed by atoms with Crippen molar-refractivity contribution in [2.75, 3.05) is 0 Å². The van der Waals surface area contributed by atoms with E-state index >= 15 is 0 Å². The number of hydrogen-bond acceptors (Lipinski definition) is 1. The van der Waals surface area contributed by atoms with Crippen LogP contribution in [0.5, 0.6) is 0 Å². The van der Waals surface area contributed by atoms with E-state index in [9.17, 15) is 22.4 Å². The van der Waals surface area contributed by atoms with Gasteiger partial charge in [0.15, 0.2) is 0 Å². The van der Waals surface area contributed by atoms with Crippen LogP contribution >= 0.6 is 11.6 Å². The Hall–Kier alpha value is -2.08. The predicted molar refractivity (Wildman–Crippen MR) is 74.0 cm³/mol. The lowest BCUT2D eigenvalue weighted by atomic mass is 10.1. The first-order valence-electron chi connectivity index (χ1n) is 6.18. The van der Waals surface area contributed by atoms with Gasteiger partial charge in [0.25, 0.3) is 5.91 Å². The molecular formula is C15H10ClF4NO. The molecule has 116 valence electrons. The van der Waals surface area contributed by atoms with Gasteiger partial charge in [-0.3, -0.25) is 4.79 Å². The van der Waals surface area contributed by atoms with Gasteiger partial charge in [0.1, 0.15) is 5.82 Å². The highest BCUT2D eigenvalue weighted by Gasteiger charge is 2.34. The summed E-state index contributed by atoms with van der Waals surface area (Å²) in [6, 6.07) is 8.34. The maximum absolute atomic E-state index is 13.6. The van der Waals surface area contributed by atoms with Gasteiger partial charge in [-0.25, -0.2) is 4.39 Å². The highest BCUT2D eigenvalue weighted by molar-refractivity contribution is 6.31. The second kappa shape index (κ2) is 6.36. The third kappa shape index (κ3) is 3.57. The summed E-state index contributed by atoms with van der Waals surface area (Å²) in [6.07, 6.45) is -4.65. The zero-order chi connectivity index (χ0) is 16.3. The molecule has 2 aromatic rings. The maximum Gasteiger partial charge on any atom is 0.417 e. The Labute approximate surface area is 128 Å². The summed E-state index contributed by atoms with van der Waals surface area (Å²) >= 11 is 5.79. The summed E-state index contributed by atoms with van der Waals surface area (Å²) in [5.74, 6) is -1.59. The molecule has 2 aromatic carbocycles. The lowest BCUT2D eigenvalue weighted by Crippen LogP contribution is -2.26. The number of nitrogens with one attached hydrogen (secondary N) is 1. The molecule has 0 fully saturated rings. The van der Waals surface area contributed by atoms with E-state index < -0.39 is 29.0 Å². The maximum atomic E-state index is 13.6. The lowest BCUT2D eigenvalue weighted by molar-refractivity contribution is -0.137. The molecule has 0 aliphatic carbocycles. The predicted octanol–water partition coefficient (Wildman–Crippen LogP) is 4.43. The summed E-state index contributed by atoms with van der Waals surface area (Å²) in [4.78, 5) is 11.9. The Morgan fingerprint density at radius 2 is 1.77 bits per heavy atom. The molecule has 2 nitrogen and oxygen atoms in total. The van der Waals surface area contributed by atoms with Crippen LogP contribution in [0.25, 0.3) is 0 Å². The van der Waals surface area contributed by atoms with E-state index in [4.69, 9.17) is 11.6 Å². The monoisotopic (exact) mass is 331 g/mol. The smallest absolute Gasteiger partial charge is 0.348 e.